The van der Waals surface area contributed by atoms with E-state index in [-0.39, 0.29) is 5.92 Å². The van der Waals surface area contributed by atoms with Crippen molar-refractivity contribution in [2.75, 3.05) is 6.26 Å². The number of carbonyl (C=O) groups is 2. The van der Waals surface area contributed by atoms with Crippen molar-refractivity contribution in [3.63, 3.8) is 0 Å². The standard InChI is InChI=1S/C13H19N3O3S/c1-6(2)10(13(18)19)16-11(17)9-7(3)14-8(4)15-12(9)20-5/h6,10H,1-5H3,(H,16,17)(H,18,19)/t10-/m0/s1. The minimum atomic E-state index is -1.05. The van der Waals surface area contributed by atoms with Crippen LogP contribution < -0.4 is 5.32 Å². The normalized spacial score (nSPS) is 12.3. The van der Waals surface area contributed by atoms with E-state index in [1.54, 1.807) is 27.7 Å². The highest BCUT2D eigenvalue weighted by molar-refractivity contribution is 7.98. The highest BCUT2D eigenvalue weighted by Gasteiger charge is 2.26. The molecule has 6 nitrogen and oxygen atoms in total. The van der Waals surface area contributed by atoms with Gasteiger partial charge in [-0.05, 0) is 26.0 Å². The lowest BCUT2D eigenvalue weighted by molar-refractivity contribution is -0.140. The monoisotopic (exact) mass is 297 g/mol. The maximum Gasteiger partial charge on any atom is 0.326 e. The van der Waals surface area contributed by atoms with E-state index >= 15 is 0 Å². The summed E-state index contributed by atoms with van der Waals surface area (Å²) in [6.07, 6.45) is 1.81. The molecular formula is C13H19N3O3S. The number of carboxylic acid groups (broad SMARTS) is 1. The first kappa shape index (κ1) is 16.4. The minimum absolute atomic E-state index is 0.208. The molecule has 1 aromatic heterocycles. The van der Waals surface area contributed by atoms with E-state index < -0.39 is 17.9 Å². The second-order valence-corrected chi connectivity index (χ2v) is 5.57. The number of nitrogens with zero attached hydrogens (tertiary/aromatic N) is 2. The summed E-state index contributed by atoms with van der Waals surface area (Å²) in [5.74, 6) is -1.12. The van der Waals surface area contributed by atoms with E-state index in [4.69, 9.17) is 5.11 Å². The molecule has 7 heteroatoms. The summed E-state index contributed by atoms with van der Waals surface area (Å²) in [5, 5.41) is 12.2. The van der Waals surface area contributed by atoms with Crippen molar-refractivity contribution >= 4 is 23.6 Å². The van der Waals surface area contributed by atoms with E-state index in [2.05, 4.69) is 15.3 Å². The van der Waals surface area contributed by atoms with Crippen LogP contribution in [-0.2, 0) is 4.79 Å². The molecule has 20 heavy (non-hydrogen) atoms. The second kappa shape index (κ2) is 6.69. The molecule has 1 amide bonds. The molecular weight excluding hydrogens is 278 g/mol. The molecule has 0 fully saturated rings. The molecule has 1 atom stereocenters. The first-order chi connectivity index (χ1) is 9.27. The lowest BCUT2D eigenvalue weighted by Crippen LogP contribution is -2.44. The largest absolute Gasteiger partial charge is 0.480 e. The molecule has 0 bridgehead atoms. The van der Waals surface area contributed by atoms with Crippen molar-refractivity contribution in [1.29, 1.82) is 0 Å². The first-order valence-electron chi connectivity index (χ1n) is 6.20. The summed E-state index contributed by atoms with van der Waals surface area (Å²) in [6, 6.07) is -0.932. The van der Waals surface area contributed by atoms with Crippen LogP contribution in [0.3, 0.4) is 0 Å². The van der Waals surface area contributed by atoms with Gasteiger partial charge in [-0.15, -0.1) is 11.8 Å². The molecule has 0 aliphatic carbocycles. The number of hydrogen-bond acceptors (Lipinski definition) is 5. The van der Waals surface area contributed by atoms with Crippen LogP contribution >= 0.6 is 11.8 Å². The predicted octanol–water partition coefficient (Wildman–Crippen LogP) is 1.65. The van der Waals surface area contributed by atoms with Crippen molar-refractivity contribution in [2.45, 2.75) is 38.8 Å². The summed E-state index contributed by atoms with van der Waals surface area (Å²) in [6.45, 7) is 6.96. The van der Waals surface area contributed by atoms with Crippen LogP contribution in [0.1, 0.15) is 35.7 Å². The van der Waals surface area contributed by atoms with Crippen molar-refractivity contribution in [3.05, 3.63) is 17.1 Å². The van der Waals surface area contributed by atoms with Crippen molar-refractivity contribution in [2.24, 2.45) is 5.92 Å². The second-order valence-electron chi connectivity index (χ2n) is 4.77. The number of aromatic nitrogens is 2. The number of thioether (sulfide) groups is 1. The van der Waals surface area contributed by atoms with E-state index in [1.807, 2.05) is 6.26 Å². The smallest absolute Gasteiger partial charge is 0.326 e. The lowest BCUT2D eigenvalue weighted by Gasteiger charge is -2.19. The number of amides is 1. The van der Waals surface area contributed by atoms with Gasteiger partial charge < -0.3 is 10.4 Å². The van der Waals surface area contributed by atoms with Crippen LogP contribution in [-0.4, -0.2) is 39.2 Å². The lowest BCUT2D eigenvalue weighted by atomic mass is 10.0. The van der Waals surface area contributed by atoms with E-state index in [0.717, 1.165) is 0 Å². The third kappa shape index (κ3) is 3.69. The third-order valence-electron chi connectivity index (χ3n) is 2.81. The summed E-state index contributed by atoms with van der Waals surface area (Å²) in [7, 11) is 0. The quantitative estimate of drug-likeness (QED) is 0.634. The molecule has 0 saturated carbocycles. The maximum atomic E-state index is 12.3. The number of aryl methyl sites for hydroxylation is 2. The van der Waals surface area contributed by atoms with Crippen LogP contribution in [0.4, 0.5) is 0 Å². The highest BCUT2D eigenvalue weighted by Crippen LogP contribution is 2.20. The van der Waals surface area contributed by atoms with Gasteiger partial charge in [-0.2, -0.15) is 0 Å². The number of carbonyl (C=O) groups excluding carboxylic acids is 1. The molecule has 0 aliphatic rings. The van der Waals surface area contributed by atoms with Gasteiger partial charge in [0.25, 0.3) is 5.91 Å². The molecule has 0 unspecified atom stereocenters. The Labute approximate surface area is 122 Å². The molecule has 0 radical (unpaired) electrons. The molecule has 2 N–H and O–H groups in total. The van der Waals surface area contributed by atoms with Gasteiger partial charge in [-0.3, -0.25) is 4.79 Å². The van der Waals surface area contributed by atoms with Gasteiger partial charge >= 0.3 is 5.97 Å². The number of nitrogens with one attached hydrogen (secondary N) is 1. The van der Waals surface area contributed by atoms with Gasteiger partial charge in [0.15, 0.2) is 0 Å². The zero-order valence-corrected chi connectivity index (χ0v) is 13.0. The summed E-state index contributed by atoms with van der Waals surface area (Å²) < 4.78 is 0. The predicted molar refractivity (Wildman–Crippen MR) is 77.0 cm³/mol. The molecule has 0 aliphatic heterocycles. The van der Waals surface area contributed by atoms with Crippen LogP contribution in [0.2, 0.25) is 0 Å². The Bertz CT molecular complexity index is 532. The SMILES string of the molecule is CSc1nc(C)nc(C)c1C(=O)N[C@H](C(=O)O)C(C)C. The Balaban J connectivity index is 3.12. The Morgan fingerprint density at radius 3 is 2.30 bits per heavy atom. The van der Waals surface area contributed by atoms with E-state index in [9.17, 15) is 9.59 Å². The molecule has 0 aromatic carbocycles. The number of hydrogen-bond donors (Lipinski definition) is 2. The van der Waals surface area contributed by atoms with Crippen molar-refractivity contribution < 1.29 is 14.7 Å². The molecule has 110 valence electrons. The molecule has 1 heterocycles. The fourth-order valence-electron chi connectivity index (χ4n) is 1.82. The van der Waals surface area contributed by atoms with Crippen LogP contribution in [0.25, 0.3) is 0 Å². The molecule has 1 rings (SSSR count). The van der Waals surface area contributed by atoms with Crippen molar-refractivity contribution in [1.82, 2.24) is 15.3 Å². The summed E-state index contributed by atoms with van der Waals surface area (Å²) >= 11 is 1.34. The Morgan fingerprint density at radius 1 is 1.25 bits per heavy atom. The maximum absolute atomic E-state index is 12.3. The van der Waals surface area contributed by atoms with Gasteiger partial charge in [0.05, 0.1) is 11.3 Å². The fraction of sp³-hybridized carbons (Fsp3) is 0.538. The van der Waals surface area contributed by atoms with Gasteiger partial charge in [-0.1, -0.05) is 13.8 Å². The first-order valence-corrected chi connectivity index (χ1v) is 7.43. The number of rotatable bonds is 5. The Kier molecular flexibility index (Phi) is 5.50. The molecule has 1 aromatic rings. The van der Waals surface area contributed by atoms with E-state index in [1.165, 1.54) is 11.8 Å². The van der Waals surface area contributed by atoms with Gasteiger partial charge in [0, 0.05) is 0 Å². The summed E-state index contributed by atoms with van der Waals surface area (Å²) in [4.78, 5) is 31.8. The molecule has 0 saturated heterocycles. The van der Waals surface area contributed by atoms with Gasteiger partial charge in [0.1, 0.15) is 16.9 Å². The zero-order chi connectivity index (χ0) is 15.4. The van der Waals surface area contributed by atoms with Gasteiger partial charge in [-0.25, -0.2) is 14.8 Å². The molecule has 0 spiro atoms. The van der Waals surface area contributed by atoms with Crippen LogP contribution in [0, 0.1) is 19.8 Å². The van der Waals surface area contributed by atoms with Crippen LogP contribution in [0.5, 0.6) is 0 Å². The van der Waals surface area contributed by atoms with Gasteiger partial charge in [0.2, 0.25) is 0 Å². The van der Waals surface area contributed by atoms with Crippen molar-refractivity contribution in [3.8, 4) is 0 Å². The summed E-state index contributed by atoms with van der Waals surface area (Å²) in [5.41, 5.74) is 0.891. The Morgan fingerprint density at radius 2 is 1.85 bits per heavy atom. The highest BCUT2D eigenvalue weighted by atomic mass is 32.2. The number of carboxylic acids is 1. The van der Waals surface area contributed by atoms with E-state index in [0.29, 0.717) is 22.1 Å². The minimum Gasteiger partial charge on any atom is -0.480 e. The average molecular weight is 297 g/mol. The third-order valence-corrected chi connectivity index (χ3v) is 3.49. The van der Waals surface area contributed by atoms with Crippen LogP contribution in [0.15, 0.2) is 5.03 Å². The fourth-order valence-corrected chi connectivity index (χ4v) is 2.49. The zero-order valence-electron chi connectivity index (χ0n) is 12.2. The average Bonchev–Trinajstić information content (AvgIpc) is 2.33. The Hall–Kier alpha value is -1.63. The number of aliphatic carboxylic acids is 1. The topological polar surface area (TPSA) is 92.2 Å².